The van der Waals surface area contributed by atoms with E-state index in [1.807, 2.05) is 0 Å². The number of anilines is 1. The highest BCUT2D eigenvalue weighted by Crippen LogP contribution is 2.39. The molecule has 0 amide bonds. The smallest absolute Gasteiger partial charge is 0.338 e. The topological polar surface area (TPSA) is 69.3 Å². The van der Waals surface area contributed by atoms with Crippen molar-refractivity contribution < 1.29 is 32.5 Å². The molecule has 4 rings (SSSR count). The molecule has 0 radical (unpaired) electrons. The SMILES string of the molecule is COCCOC(=O)C1=C(C)N(c2ccc3c(c2)OCCO3)C(=S)N[C@@H]1c1ccc(F)c(F)c1. The number of fused-ring (bicyclic) bond motifs is 1. The molecule has 2 aliphatic heterocycles. The summed E-state index contributed by atoms with van der Waals surface area (Å²) in [5.41, 5.74) is 1.66. The normalized spacial score (nSPS) is 17.6. The van der Waals surface area contributed by atoms with Crippen molar-refractivity contribution in [2.75, 3.05) is 38.4 Å². The van der Waals surface area contributed by atoms with Gasteiger partial charge in [0.1, 0.15) is 19.8 Å². The lowest BCUT2D eigenvalue weighted by Gasteiger charge is -2.37. The molecule has 0 saturated carbocycles. The number of methoxy groups -OCH3 is 1. The number of allylic oxidation sites excluding steroid dienone is 1. The molecule has 2 aromatic carbocycles. The number of rotatable bonds is 6. The zero-order valence-electron chi connectivity index (χ0n) is 18.0. The zero-order valence-corrected chi connectivity index (χ0v) is 18.8. The number of ether oxygens (including phenoxy) is 4. The third kappa shape index (κ3) is 4.62. The van der Waals surface area contributed by atoms with E-state index >= 15 is 0 Å². The maximum Gasteiger partial charge on any atom is 0.338 e. The van der Waals surface area contributed by atoms with Crippen LogP contribution in [0.15, 0.2) is 47.7 Å². The molecular weight excluding hydrogens is 454 g/mol. The maximum absolute atomic E-state index is 14.0. The van der Waals surface area contributed by atoms with Crippen molar-refractivity contribution in [3.8, 4) is 11.5 Å². The monoisotopic (exact) mass is 476 g/mol. The second-order valence-corrected chi connectivity index (χ2v) is 7.73. The highest BCUT2D eigenvalue weighted by Gasteiger charge is 2.36. The van der Waals surface area contributed by atoms with E-state index < -0.39 is 23.6 Å². The first-order valence-electron chi connectivity index (χ1n) is 10.2. The number of esters is 1. The summed E-state index contributed by atoms with van der Waals surface area (Å²) >= 11 is 5.59. The van der Waals surface area contributed by atoms with Crippen LogP contribution in [0, 0.1) is 11.6 Å². The molecule has 0 spiro atoms. The number of benzene rings is 2. The van der Waals surface area contributed by atoms with Crippen LogP contribution in [0.1, 0.15) is 18.5 Å². The second-order valence-electron chi connectivity index (χ2n) is 7.35. The van der Waals surface area contributed by atoms with Gasteiger partial charge in [-0.1, -0.05) is 6.07 Å². The molecule has 2 heterocycles. The van der Waals surface area contributed by atoms with Crippen molar-refractivity contribution in [1.82, 2.24) is 5.32 Å². The van der Waals surface area contributed by atoms with E-state index in [4.69, 9.17) is 31.2 Å². The predicted molar refractivity (Wildman–Crippen MR) is 120 cm³/mol. The Morgan fingerprint density at radius 2 is 1.88 bits per heavy atom. The molecule has 7 nitrogen and oxygen atoms in total. The van der Waals surface area contributed by atoms with Crippen LogP contribution in [0.3, 0.4) is 0 Å². The van der Waals surface area contributed by atoms with Crippen molar-refractivity contribution >= 4 is 29.0 Å². The van der Waals surface area contributed by atoms with Crippen LogP contribution >= 0.6 is 12.2 Å². The summed E-state index contributed by atoms with van der Waals surface area (Å²) in [4.78, 5) is 14.7. The molecule has 1 atom stereocenters. The fourth-order valence-corrected chi connectivity index (χ4v) is 4.09. The standard InChI is InChI=1S/C23H22F2N2O5S/c1-13-20(22(28)32-8-7-29-2)21(14-3-5-16(24)17(25)11-14)26-23(33)27(13)15-4-6-18-19(12-15)31-10-9-30-18/h3-6,11-12,21H,7-10H2,1-2H3,(H,26,33)/t21-/m1/s1. The minimum absolute atomic E-state index is 0.0328. The largest absolute Gasteiger partial charge is 0.486 e. The number of nitrogens with zero attached hydrogens (tertiary/aromatic N) is 1. The van der Waals surface area contributed by atoms with Crippen LogP contribution < -0.4 is 19.7 Å². The van der Waals surface area contributed by atoms with Crippen LogP contribution in [0.4, 0.5) is 14.5 Å². The zero-order chi connectivity index (χ0) is 23.5. The van der Waals surface area contributed by atoms with Crippen molar-refractivity contribution in [2.45, 2.75) is 13.0 Å². The van der Waals surface area contributed by atoms with Crippen LogP contribution in [0.25, 0.3) is 0 Å². The van der Waals surface area contributed by atoms with Crippen LogP contribution in [-0.2, 0) is 14.3 Å². The molecule has 0 aromatic heterocycles. The van der Waals surface area contributed by atoms with Gasteiger partial charge < -0.3 is 24.3 Å². The Morgan fingerprint density at radius 3 is 2.61 bits per heavy atom. The van der Waals surface area contributed by atoms with Gasteiger partial charge in [-0.3, -0.25) is 4.90 Å². The quantitative estimate of drug-likeness (QED) is 0.385. The number of hydrogen-bond donors (Lipinski definition) is 1. The first kappa shape index (κ1) is 22.9. The van der Waals surface area contributed by atoms with E-state index in [0.717, 1.165) is 12.1 Å². The number of hydrogen-bond acceptors (Lipinski definition) is 6. The fourth-order valence-electron chi connectivity index (χ4n) is 3.73. The first-order valence-corrected chi connectivity index (χ1v) is 10.6. The summed E-state index contributed by atoms with van der Waals surface area (Å²) < 4.78 is 49.1. The lowest BCUT2D eigenvalue weighted by atomic mass is 9.94. The molecule has 0 saturated heterocycles. The van der Waals surface area contributed by atoms with Gasteiger partial charge in [0, 0.05) is 18.9 Å². The number of carbonyl (C=O) groups is 1. The van der Waals surface area contributed by atoms with Crippen LogP contribution in [0.5, 0.6) is 11.5 Å². The van der Waals surface area contributed by atoms with Gasteiger partial charge in [0.15, 0.2) is 28.2 Å². The number of halogens is 2. The fraction of sp³-hybridized carbons (Fsp3) is 0.304. The van der Waals surface area contributed by atoms with Gasteiger partial charge >= 0.3 is 5.97 Å². The highest BCUT2D eigenvalue weighted by molar-refractivity contribution is 7.80. The molecule has 0 unspecified atom stereocenters. The Hall–Kier alpha value is -3.24. The van der Waals surface area contributed by atoms with Gasteiger partial charge in [-0.2, -0.15) is 0 Å². The Bertz CT molecular complexity index is 1120. The average molecular weight is 477 g/mol. The van der Waals surface area contributed by atoms with E-state index in [0.29, 0.717) is 41.7 Å². The number of nitrogens with one attached hydrogen (secondary N) is 1. The van der Waals surface area contributed by atoms with Crippen LogP contribution in [0.2, 0.25) is 0 Å². The Labute approximate surface area is 194 Å². The average Bonchev–Trinajstić information content (AvgIpc) is 2.80. The van der Waals surface area contributed by atoms with Gasteiger partial charge in [-0.05, 0) is 49.0 Å². The van der Waals surface area contributed by atoms with Crippen molar-refractivity contribution in [3.05, 3.63) is 64.9 Å². The second kappa shape index (κ2) is 9.72. The molecule has 10 heteroatoms. The van der Waals surface area contributed by atoms with Gasteiger partial charge in [0.25, 0.3) is 0 Å². The lowest BCUT2D eigenvalue weighted by molar-refractivity contribution is -0.140. The Kier molecular flexibility index (Phi) is 6.75. The van der Waals surface area contributed by atoms with E-state index in [1.54, 1.807) is 30.0 Å². The third-order valence-electron chi connectivity index (χ3n) is 5.29. The number of carbonyl (C=O) groups excluding carboxylic acids is 1. The molecule has 0 bridgehead atoms. The Balaban J connectivity index is 1.77. The van der Waals surface area contributed by atoms with E-state index in [-0.39, 0.29) is 23.9 Å². The van der Waals surface area contributed by atoms with Crippen molar-refractivity contribution in [1.29, 1.82) is 0 Å². The summed E-state index contributed by atoms with van der Waals surface area (Å²) in [5, 5.41) is 3.34. The molecule has 174 valence electrons. The summed E-state index contributed by atoms with van der Waals surface area (Å²) in [6.45, 7) is 2.84. The van der Waals surface area contributed by atoms with Gasteiger partial charge in [-0.15, -0.1) is 0 Å². The molecule has 1 N–H and O–H groups in total. The molecule has 0 fully saturated rings. The molecule has 2 aliphatic rings. The minimum Gasteiger partial charge on any atom is -0.486 e. The molecule has 2 aromatic rings. The third-order valence-corrected chi connectivity index (χ3v) is 5.59. The first-order chi connectivity index (χ1) is 15.9. The van der Waals surface area contributed by atoms with E-state index in [9.17, 15) is 13.6 Å². The summed E-state index contributed by atoms with van der Waals surface area (Å²) in [6.07, 6.45) is 0. The minimum atomic E-state index is -1.03. The van der Waals surface area contributed by atoms with Crippen molar-refractivity contribution in [2.24, 2.45) is 0 Å². The van der Waals surface area contributed by atoms with Gasteiger partial charge in [0.05, 0.1) is 23.9 Å². The highest BCUT2D eigenvalue weighted by atomic mass is 32.1. The Morgan fingerprint density at radius 1 is 1.12 bits per heavy atom. The van der Waals surface area contributed by atoms with E-state index in [1.165, 1.54) is 13.2 Å². The lowest BCUT2D eigenvalue weighted by Crippen LogP contribution is -2.48. The molecule has 0 aliphatic carbocycles. The summed E-state index contributed by atoms with van der Waals surface area (Å²) in [5.74, 6) is -1.47. The predicted octanol–water partition coefficient (Wildman–Crippen LogP) is 3.64. The number of thiocarbonyl (C=S) groups is 1. The van der Waals surface area contributed by atoms with Gasteiger partial charge in [-0.25, -0.2) is 13.6 Å². The summed E-state index contributed by atoms with van der Waals surface area (Å²) in [7, 11) is 1.49. The van der Waals surface area contributed by atoms with Crippen molar-refractivity contribution in [3.63, 3.8) is 0 Å². The molecular formula is C23H22F2N2O5S. The van der Waals surface area contributed by atoms with Gasteiger partial charge in [0.2, 0.25) is 0 Å². The molecule has 33 heavy (non-hydrogen) atoms. The summed E-state index contributed by atoms with van der Waals surface area (Å²) in [6, 6.07) is 7.91. The van der Waals surface area contributed by atoms with Crippen LogP contribution in [-0.4, -0.2) is 44.6 Å². The maximum atomic E-state index is 14.0. The van der Waals surface area contributed by atoms with E-state index in [2.05, 4.69) is 5.32 Å².